The fourth-order valence-electron chi connectivity index (χ4n) is 6.11. The molecule has 1 spiro atoms. The minimum Gasteiger partial charge on any atom is -0.396 e. The molecule has 34 heavy (non-hydrogen) atoms. The summed E-state index contributed by atoms with van der Waals surface area (Å²) >= 11 is 0. The van der Waals surface area contributed by atoms with Gasteiger partial charge in [-0.3, -0.25) is 9.59 Å². The fraction of sp³-hybridized carbons (Fsp3) is 0.481. The van der Waals surface area contributed by atoms with Crippen LogP contribution >= 0.6 is 0 Å². The summed E-state index contributed by atoms with van der Waals surface area (Å²) in [6.45, 7) is 5.74. The van der Waals surface area contributed by atoms with E-state index in [0.717, 1.165) is 16.9 Å². The van der Waals surface area contributed by atoms with Crippen molar-refractivity contribution in [2.45, 2.75) is 57.5 Å². The van der Waals surface area contributed by atoms with Crippen molar-refractivity contribution in [1.82, 2.24) is 0 Å². The van der Waals surface area contributed by atoms with Crippen molar-refractivity contribution in [3.8, 4) is 0 Å². The molecule has 3 aliphatic heterocycles. The molecule has 2 saturated heterocycles. The maximum Gasteiger partial charge on any atom is 0.264 e. The molecule has 2 fully saturated rings. The zero-order chi connectivity index (χ0) is 24.3. The molecule has 3 aliphatic rings. The van der Waals surface area contributed by atoms with Gasteiger partial charge in [-0.05, 0) is 44.0 Å². The minimum atomic E-state index is -1.61. The summed E-state index contributed by atoms with van der Waals surface area (Å²) in [6, 6.07) is 15.3. The molecular formula is C27H31FN2O4. The van der Waals surface area contributed by atoms with Gasteiger partial charge in [-0.15, -0.1) is 0 Å². The van der Waals surface area contributed by atoms with Crippen LogP contribution in [0.2, 0.25) is 0 Å². The molecule has 0 aliphatic carbocycles. The van der Waals surface area contributed by atoms with Gasteiger partial charge >= 0.3 is 0 Å². The molecule has 2 amide bonds. The van der Waals surface area contributed by atoms with E-state index in [1.54, 1.807) is 9.80 Å². The molecule has 2 aromatic carbocycles. The first-order chi connectivity index (χ1) is 16.2. The highest BCUT2D eigenvalue weighted by Gasteiger charge is 2.66. The lowest BCUT2D eigenvalue weighted by atomic mass is 9.71. The van der Waals surface area contributed by atoms with Crippen molar-refractivity contribution in [3.05, 3.63) is 59.7 Å². The largest absolute Gasteiger partial charge is 0.396 e. The highest BCUT2D eigenvalue weighted by Crippen LogP contribution is 2.59. The van der Waals surface area contributed by atoms with Crippen molar-refractivity contribution in [2.24, 2.45) is 11.8 Å². The van der Waals surface area contributed by atoms with Crippen LogP contribution in [-0.2, 0) is 26.5 Å². The van der Waals surface area contributed by atoms with E-state index in [2.05, 4.69) is 0 Å². The highest BCUT2D eigenvalue weighted by atomic mass is 19.1. The Balaban J connectivity index is 1.64. The Hall–Kier alpha value is -2.77. The summed E-state index contributed by atoms with van der Waals surface area (Å²) in [5, 5.41) is 9.68. The van der Waals surface area contributed by atoms with Crippen molar-refractivity contribution in [2.75, 3.05) is 23.0 Å². The van der Waals surface area contributed by atoms with Gasteiger partial charge in [0.2, 0.25) is 5.91 Å². The maximum absolute atomic E-state index is 15.5. The van der Waals surface area contributed by atoms with Gasteiger partial charge in [0, 0.05) is 42.7 Å². The predicted octanol–water partition coefficient (Wildman–Crippen LogP) is 3.95. The maximum atomic E-state index is 15.5. The lowest BCUT2D eigenvalue weighted by molar-refractivity contribution is -0.146. The molecule has 4 atom stereocenters. The summed E-state index contributed by atoms with van der Waals surface area (Å²) < 4.78 is 22.0. The molecule has 3 heterocycles. The molecule has 0 saturated carbocycles. The normalized spacial score (nSPS) is 28.6. The zero-order valence-corrected chi connectivity index (χ0v) is 19.8. The van der Waals surface area contributed by atoms with Crippen LogP contribution < -0.4 is 9.80 Å². The Morgan fingerprint density at radius 1 is 1.18 bits per heavy atom. The second-order valence-electron chi connectivity index (χ2n) is 10.2. The number of benzene rings is 2. The monoisotopic (exact) mass is 466 g/mol. The van der Waals surface area contributed by atoms with Crippen molar-refractivity contribution in [3.63, 3.8) is 0 Å². The van der Waals surface area contributed by atoms with E-state index in [9.17, 15) is 14.7 Å². The second kappa shape index (κ2) is 8.17. The number of carbonyl (C=O) groups excluding carboxylic acids is 2. The Labute approximate surface area is 199 Å². The molecule has 0 radical (unpaired) electrons. The number of fused-ring (bicyclic) bond motifs is 2. The van der Waals surface area contributed by atoms with Crippen LogP contribution in [0.3, 0.4) is 0 Å². The third kappa shape index (κ3) is 3.36. The molecular weight excluding hydrogens is 435 g/mol. The first kappa shape index (κ1) is 23.0. The van der Waals surface area contributed by atoms with Gasteiger partial charge < -0.3 is 19.6 Å². The average Bonchev–Trinajstić information content (AvgIpc) is 3.21. The van der Waals surface area contributed by atoms with Gasteiger partial charge in [-0.1, -0.05) is 37.3 Å². The smallest absolute Gasteiger partial charge is 0.264 e. The van der Waals surface area contributed by atoms with Crippen LogP contribution in [0.5, 0.6) is 0 Å². The van der Waals surface area contributed by atoms with E-state index in [-0.39, 0.29) is 24.8 Å². The van der Waals surface area contributed by atoms with Crippen LogP contribution in [0, 0.1) is 11.8 Å². The number of halogens is 1. The molecule has 6 nitrogen and oxygen atoms in total. The minimum absolute atomic E-state index is 0.0424. The van der Waals surface area contributed by atoms with E-state index in [1.165, 1.54) is 13.8 Å². The predicted molar refractivity (Wildman–Crippen MR) is 127 cm³/mol. The second-order valence-corrected chi connectivity index (χ2v) is 10.2. The summed E-state index contributed by atoms with van der Waals surface area (Å²) in [5.41, 5.74) is 0.107. The molecule has 2 aromatic rings. The van der Waals surface area contributed by atoms with Gasteiger partial charge in [0.1, 0.15) is 5.67 Å². The number of hydrogen-bond donors (Lipinski definition) is 1. The zero-order valence-electron chi connectivity index (χ0n) is 19.8. The topological polar surface area (TPSA) is 70.1 Å². The van der Waals surface area contributed by atoms with E-state index >= 15 is 4.39 Å². The van der Waals surface area contributed by atoms with E-state index in [1.807, 2.05) is 55.5 Å². The van der Waals surface area contributed by atoms with Gasteiger partial charge in [0.05, 0.1) is 18.3 Å². The molecule has 5 rings (SSSR count). The van der Waals surface area contributed by atoms with Crippen LogP contribution in [0.15, 0.2) is 48.5 Å². The fourth-order valence-corrected chi connectivity index (χ4v) is 6.11. The van der Waals surface area contributed by atoms with Crippen LogP contribution in [-0.4, -0.2) is 41.8 Å². The number of aliphatic hydroxyl groups excluding tert-OH is 1. The number of anilines is 2. The highest BCUT2D eigenvalue weighted by molar-refractivity contribution is 6.08. The molecule has 0 unspecified atom stereocenters. The quantitative estimate of drug-likeness (QED) is 0.655. The molecule has 1 N–H and O–H groups in total. The summed E-state index contributed by atoms with van der Waals surface area (Å²) in [6.07, 6.45) is 0.142. The Bertz CT molecular complexity index is 1120. The summed E-state index contributed by atoms with van der Waals surface area (Å²) in [7, 11) is 0. The SMILES string of the molecule is C[C@H]1[C@H](C(C)(C)F)[C@@H](CCO)O[C@]12C(=O)N(Cc1ccccc1)c1ccc(N3CCC3=O)cc12. The van der Waals surface area contributed by atoms with E-state index in [4.69, 9.17) is 4.74 Å². The number of aliphatic hydroxyl groups is 1. The molecule has 7 heteroatoms. The van der Waals surface area contributed by atoms with Crippen LogP contribution in [0.4, 0.5) is 15.8 Å². The van der Waals surface area contributed by atoms with Crippen molar-refractivity contribution >= 4 is 23.2 Å². The number of alkyl halides is 1. The summed E-state index contributed by atoms with van der Waals surface area (Å²) in [5.74, 6) is -1.23. The molecule has 0 bridgehead atoms. The van der Waals surface area contributed by atoms with E-state index < -0.39 is 29.2 Å². The molecule has 180 valence electrons. The van der Waals surface area contributed by atoms with Gasteiger partial charge in [-0.25, -0.2) is 4.39 Å². The Morgan fingerprint density at radius 3 is 2.50 bits per heavy atom. The number of β-lactam (4-membered cyclic amide) rings is 1. The van der Waals surface area contributed by atoms with Gasteiger partial charge in [-0.2, -0.15) is 0 Å². The Kier molecular flexibility index (Phi) is 5.52. The van der Waals surface area contributed by atoms with Crippen molar-refractivity contribution < 1.29 is 23.8 Å². The standard InChI is InChI=1S/C27H31FN2O4/c1-17-24(26(2,3)28)22(12-14-31)34-27(17)20-15-19(29-13-11-23(29)32)9-10-21(20)30(25(27)33)16-18-7-5-4-6-8-18/h4-10,15,17,22,24,31H,11-14,16H2,1-3H3/t17-,22+,24-,27+/m0/s1. The van der Waals surface area contributed by atoms with Crippen molar-refractivity contribution in [1.29, 1.82) is 0 Å². The summed E-state index contributed by atoms with van der Waals surface area (Å²) in [4.78, 5) is 29.7. The first-order valence-corrected chi connectivity index (χ1v) is 12.0. The number of ether oxygens (including phenoxy) is 1. The third-order valence-electron chi connectivity index (χ3n) is 7.70. The number of carbonyl (C=O) groups is 2. The Morgan fingerprint density at radius 2 is 1.91 bits per heavy atom. The average molecular weight is 467 g/mol. The third-order valence-corrected chi connectivity index (χ3v) is 7.70. The number of nitrogens with zero attached hydrogens (tertiary/aromatic N) is 2. The first-order valence-electron chi connectivity index (χ1n) is 12.0. The van der Waals surface area contributed by atoms with Gasteiger partial charge in [0.25, 0.3) is 5.91 Å². The van der Waals surface area contributed by atoms with E-state index in [0.29, 0.717) is 25.1 Å². The van der Waals surface area contributed by atoms with Crippen LogP contribution in [0.25, 0.3) is 0 Å². The van der Waals surface area contributed by atoms with Gasteiger partial charge in [0.15, 0.2) is 5.60 Å². The number of hydrogen-bond acceptors (Lipinski definition) is 4. The molecule has 0 aromatic heterocycles. The van der Waals surface area contributed by atoms with Crippen LogP contribution in [0.1, 0.15) is 44.7 Å². The lowest BCUT2D eigenvalue weighted by Crippen LogP contribution is -2.46. The number of amides is 2. The lowest BCUT2D eigenvalue weighted by Gasteiger charge is -2.33. The number of rotatable bonds is 6.